The summed E-state index contributed by atoms with van der Waals surface area (Å²) in [5.41, 5.74) is 0.617. The van der Waals surface area contributed by atoms with Crippen LogP contribution in [0, 0.1) is 0 Å². The molecule has 6 heteroatoms. The average Bonchev–Trinajstić information content (AvgIpc) is 3.13. The molecule has 1 aromatic carbocycles. The van der Waals surface area contributed by atoms with E-state index < -0.39 is 11.7 Å². The van der Waals surface area contributed by atoms with Crippen LogP contribution in [0.4, 0.5) is 13.2 Å². The van der Waals surface area contributed by atoms with E-state index in [0.29, 0.717) is 24.0 Å². The van der Waals surface area contributed by atoms with Gasteiger partial charge in [-0.1, -0.05) is 0 Å². The Morgan fingerprint density at radius 1 is 1.20 bits per heavy atom. The lowest BCUT2D eigenvalue weighted by atomic mass is 10.1. The summed E-state index contributed by atoms with van der Waals surface area (Å²) >= 11 is 0. The van der Waals surface area contributed by atoms with Crippen LogP contribution < -0.4 is 5.32 Å². The lowest BCUT2D eigenvalue weighted by Gasteiger charge is -2.06. The van der Waals surface area contributed by atoms with Gasteiger partial charge in [0.2, 0.25) is 5.89 Å². The molecule has 0 radical (unpaired) electrons. The lowest BCUT2D eigenvalue weighted by molar-refractivity contribution is -0.137. The van der Waals surface area contributed by atoms with E-state index in [4.69, 9.17) is 4.42 Å². The van der Waals surface area contributed by atoms with Gasteiger partial charge in [0, 0.05) is 18.2 Å². The van der Waals surface area contributed by atoms with Gasteiger partial charge >= 0.3 is 6.18 Å². The summed E-state index contributed by atoms with van der Waals surface area (Å²) in [5, 5.41) is 3.30. The third kappa shape index (κ3) is 3.01. The molecule has 1 fully saturated rings. The summed E-state index contributed by atoms with van der Waals surface area (Å²) in [5.74, 6) is 0.339. The van der Waals surface area contributed by atoms with E-state index >= 15 is 0 Å². The number of halogens is 3. The summed E-state index contributed by atoms with van der Waals surface area (Å²) in [7, 11) is 0. The van der Waals surface area contributed by atoms with E-state index in [1.165, 1.54) is 31.2 Å². The highest BCUT2D eigenvalue weighted by atomic mass is 19.4. The smallest absolute Gasteiger partial charge is 0.416 e. The van der Waals surface area contributed by atoms with Crippen LogP contribution in [0.15, 0.2) is 34.9 Å². The van der Waals surface area contributed by atoms with Gasteiger partial charge in [0.05, 0.1) is 11.3 Å². The number of oxazole rings is 1. The van der Waals surface area contributed by atoms with E-state index in [2.05, 4.69) is 10.3 Å². The summed E-state index contributed by atoms with van der Waals surface area (Å²) in [6.45, 7) is 0.620. The van der Waals surface area contributed by atoms with Crippen LogP contribution in [0.2, 0.25) is 0 Å². The molecule has 20 heavy (non-hydrogen) atoms. The highest BCUT2D eigenvalue weighted by Gasteiger charge is 2.30. The van der Waals surface area contributed by atoms with Crippen LogP contribution in [-0.4, -0.2) is 11.0 Å². The van der Waals surface area contributed by atoms with Crippen molar-refractivity contribution in [1.82, 2.24) is 10.3 Å². The normalized spacial score (nSPS) is 15.6. The molecule has 1 aliphatic rings. The zero-order valence-corrected chi connectivity index (χ0v) is 10.6. The second-order valence-electron chi connectivity index (χ2n) is 4.87. The average molecular weight is 282 g/mol. The minimum Gasteiger partial charge on any atom is -0.444 e. The van der Waals surface area contributed by atoms with Crippen LogP contribution in [0.5, 0.6) is 0 Å². The van der Waals surface area contributed by atoms with Crippen LogP contribution in [0.1, 0.15) is 24.1 Å². The van der Waals surface area contributed by atoms with E-state index in [9.17, 15) is 13.2 Å². The maximum absolute atomic E-state index is 12.5. The minimum absolute atomic E-state index is 0.339. The first kappa shape index (κ1) is 13.2. The third-order valence-electron chi connectivity index (χ3n) is 3.16. The summed E-state index contributed by atoms with van der Waals surface area (Å²) < 4.78 is 42.7. The molecule has 0 saturated heterocycles. The summed E-state index contributed by atoms with van der Waals surface area (Å²) in [6, 6.07) is 5.37. The Balaban J connectivity index is 1.71. The highest BCUT2D eigenvalue weighted by molar-refractivity contribution is 5.53. The van der Waals surface area contributed by atoms with Crippen molar-refractivity contribution in [2.75, 3.05) is 0 Å². The van der Waals surface area contributed by atoms with Gasteiger partial charge in [0.15, 0.2) is 0 Å². The van der Waals surface area contributed by atoms with Gasteiger partial charge in [-0.2, -0.15) is 13.2 Å². The standard InChI is InChI=1S/C14H13F3N2O/c15-14(16,17)10-3-1-9(2-4-10)13-19-12(8-20-13)7-18-11-5-6-11/h1-4,8,11,18H,5-7H2. The van der Waals surface area contributed by atoms with Gasteiger partial charge in [-0.15, -0.1) is 0 Å². The van der Waals surface area contributed by atoms with Gasteiger partial charge < -0.3 is 9.73 Å². The Morgan fingerprint density at radius 3 is 2.50 bits per heavy atom. The maximum Gasteiger partial charge on any atom is 0.416 e. The van der Waals surface area contributed by atoms with Crippen molar-refractivity contribution in [3.05, 3.63) is 41.8 Å². The largest absolute Gasteiger partial charge is 0.444 e. The summed E-state index contributed by atoms with van der Waals surface area (Å²) in [6.07, 6.45) is -0.427. The molecule has 1 aliphatic carbocycles. The molecular formula is C14H13F3N2O. The molecule has 0 spiro atoms. The topological polar surface area (TPSA) is 38.1 Å². The number of alkyl halides is 3. The van der Waals surface area contributed by atoms with Crippen LogP contribution >= 0.6 is 0 Å². The molecule has 1 aromatic heterocycles. The molecule has 0 aliphatic heterocycles. The van der Waals surface area contributed by atoms with Crippen molar-refractivity contribution in [3.8, 4) is 11.5 Å². The van der Waals surface area contributed by atoms with Crippen molar-refractivity contribution < 1.29 is 17.6 Å². The molecular weight excluding hydrogens is 269 g/mol. The SMILES string of the molecule is FC(F)(F)c1ccc(-c2nc(CNC3CC3)co2)cc1. The van der Waals surface area contributed by atoms with Crippen molar-refractivity contribution in [2.24, 2.45) is 0 Å². The molecule has 2 aromatic rings. The first-order valence-corrected chi connectivity index (χ1v) is 6.38. The minimum atomic E-state index is -4.32. The fraction of sp³-hybridized carbons (Fsp3) is 0.357. The third-order valence-corrected chi connectivity index (χ3v) is 3.16. The molecule has 106 valence electrons. The quantitative estimate of drug-likeness (QED) is 0.931. The molecule has 0 atom stereocenters. The van der Waals surface area contributed by atoms with Gasteiger partial charge in [-0.25, -0.2) is 4.98 Å². The Labute approximate surface area is 113 Å². The number of nitrogens with one attached hydrogen (secondary N) is 1. The number of hydrogen-bond donors (Lipinski definition) is 1. The number of hydrogen-bond acceptors (Lipinski definition) is 3. The second-order valence-corrected chi connectivity index (χ2v) is 4.87. The van der Waals surface area contributed by atoms with Crippen LogP contribution in [-0.2, 0) is 12.7 Å². The van der Waals surface area contributed by atoms with Crippen molar-refractivity contribution in [3.63, 3.8) is 0 Å². The Morgan fingerprint density at radius 2 is 1.90 bits per heavy atom. The molecule has 0 bridgehead atoms. The van der Waals surface area contributed by atoms with Gasteiger partial charge in [-0.3, -0.25) is 0 Å². The van der Waals surface area contributed by atoms with Crippen molar-refractivity contribution in [2.45, 2.75) is 31.6 Å². The molecule has 3 nitrogen and oxygen atoms in total. The van der Waals surface area contributed by atoms with Gasteiger partial charge in [0.25, 0.3) is 0 Å². The fourth-order valence-electron chi connectivity index (χ4n) is 1.86. The first-order valence-electron chi connectivity index (χ1n) is 6.38. The Bertz CT molecular complexity index is 585. The molecule has 1 heterocycles. The van der Waals surface area contributed by atoms with Crippen LogP contribution in [0.3, 0.4) is 0 Å². The second kappa shape index (κ2) is 4.94. The molecule has 0 unspecified atom stereocenters. The number of aromatic nitrogens is 1. The number of nitrogens with zero attached hydrogens (tertiary/aromatic N) is 1. The highest BCUT2D eigenvalue weighted by Crippen LogP contribution is 2.30. The van der Waals surface area contributed by atoms with Crippen LogP contribution in [0.25, 0.3) is 11.5 Å². The molecule has 0 amide bonds. The predicted molar refractivity (Wildman–Crippen MR) is 66.8 cm³/mol. The van der Waals surface area contributed by atoms with E-state index in [1.54, 1.807) is 0 Å². The zero-order chi connectivity index (χ0) is 14.2. The summed E-state index contributed by atoms with van der Waals surface area (Å²) in [4.78, 5) is 4.26. The molecule has 1 N–H and O–H groups in total. The van der Waals surface area contributed by atoms with Gasteiger partial charge in [-0.05, 0) is 37.1 Å². The number of rotatable bonds is 4. The van der Waals surface area contributed by atoms with E-state index in [-0.39, 0.29) is 0 Å². The molecule has 1 saturated carbocycles. The van der Waals surface area contributed by atoms with E-state index in [0.717, 1.165) is 17.8 Å². The fourth-order valence-corrected chi connectivity index (χ4v) is 1.86. The van der Waals surface area contributed by atoms with Crippen molar-refractivity contribution >= 4 is 0 Å². The zero-order valence-electron chi connectivity index (χ0n) is 10.6. The molecule has 3 rings (SSSR count). The Kier molecular flexibility index (Phi) is 3.25. The number of benzene rings is 1. The van der Waals surface area contributed by atoms with Gasteiger partial charge in [0.1, 0.15) is 6.26 Å². The lowest BCUT2D eigenvalue weighted by Crippen LogP contribution is -2.15. The first-order chi connectivity index (χ1) is 9.52. The predicted octanol–water partition coefficient (Wildman–Crippen LogP) is 3.61. The Hall–Kier alpha value is -1.82. The maximum atomic E-state index is 12.5. The van der Waals surface area contributed by atoms with Crippen molar-refractivity contribution in [1.29, 1.82) is 0 Å². The monoisotopic (exact) mass is 282 g/mol. The van der Waals surface area contributed by atoms with E-state index in [1.807, 2.05) is 0 Å².